The first-order chi connectivity index (χ1) is 12.8. The third-order valence-electron chi connectivity index (χ3n) is 4.85. The van der Waals surface area contributed by atoms with Crippen LogP contribution in [0.2, 0.25) is 0 Å². The van der Waals surface area contributed by atoms with Gasteiger partial charge in [0.1, 0.15) is 11.3 Å². The van der Waals surface area contributed by atoms with Crippen LogP contribution >= 0.6 is 0 Å². The first-order valence-electron chi connectivity index (χ1n) is 9.04. The minimum atomic E-state index is -1.34. The van der Waals surface area contributed by atoms with E-state index in [2.05, 4.69) is 5.32 Å². The highest BCUT2D eigenvalue weighted by Gasteiger charge is 2.23. The zero-order valence-corrected chi connectivity index (χ0v) is 15.5. The number of amides is 1. The molecule has 1 aliphatic rings. The number of aliphatic carboxylic acids is 1. The Bertz CT molecular complexity index is 945. The Labute approximate surface area is 156 Å². The summed E-state index contributed by atoms with van der Waals surface area (Å²) >= 11 is 0. The highest BCUT2D eigenvalue weighted by atomic mass is 16.5. The maximum absolute atomic E-state index is 12.2. The second-order valence-electron chi connectivity index (χ2n) is 7.17. The minimum absolute atomic E-state index is 0.316. The lowest BCUT2D eigenvalue weighted by Crippen LogP contribution is -2.53. The number of rotatable bonds is 6. The SMILES string of the molecule is CC(C)[C@H](NC(=O)[C@@H](C)Oc1ccc2c3c(c(=O)oc2c1)CCC3)C(=O)[O-]. The molecule has 7 nitrogen and oxygen atoms in total. The Morgan fingerprint density at radius 1 is 1.19 bits per heavy atom. The average Bonchev–Trinajstić information content (AvgIpc) is 3.09. The van der Waals surface area contributed by atoms with Gasteiger partial charge in [-0.3, -0.25) is 4.79 Å². The summed E-state index contributed by atoms with van der Waals surface area (Å²) in [6.45, 7) is 4.87. The smallest absolute Gasteiger partial charge is 0.339 e. The van der Waals surface area contributed by atoms with Gasteiger partial charge in [-0.2, -0.15) is 0 Å². The van der Waals surface area contributed by atoms with Crippen LogP contribution in [0.4, 0.5) is 0 Å². The molecule has 3 rings (SSSR count). The Hall–Kier alpha value is -2.83. The second kappa shape index (κ2) is 7.42. The molecule has 2 atom stereocenters. The van der Waals surface area contributed by atoms with E-state index >= 15 is 0 Å². The zero-order chi connectivity index (χ0) is 19.7. The molecule has 7 heteroatoms. The molecule has 0 bridgehead atoms. The number of nitrogens with one attached hydrogen (secondary N) is 1. The summed E-state index contributed by atoms with van der Waals surface area (Å²) in [7, 11) is 0. The van der Waals surface area contributed by atoms with E-state index in [4.69, 9.17) is 9.15 Å². The van der Waals surface area contributed by atoms with Crippen molar-refractivity contribution in [2.24, 2.45) is 5.92 Å². The van der Waals surface area contributed by atoms with Crippen LogP contribution < -0.4 is 20.8 Å². The average molecular weight is 372 g/mol. The summed E-state index contributed by atoms with van der Waals surface area (Å²) in [6, 6.07) is 4.02. The first kappa shape index (κ1) is 18.9. The molecule has 1 heterocycles. The molecular formula is C20H22NO6-. The van der Waals surface area contributed by atoms with Crippen LogP contribution in [0.25, 0.3) is 11.0 Å². The predicted octanol–water partition coefficient (Wildman–Crippen LogP) is 0.940. The number of carbonyl (C=O) groups is 2. The van der Waals surface area contributed by atoms with Crippen LogP contribution in [0, 0.1) is 5.92 Å². The van der Waals surface area contributed by atoms with E-state index in [1.807, 2.05) is 6.07 Å². The lowest BCUT2D eigenvalue weighted by Gasteiger charge is -2.25. The summed E-state index contributed by atoms with van der Waals surface area (Å²) in [5, 5.41) is 14.4. The molecule has 1 amide bonds. The summed E-state index contributed by atoms with van der Waals surface area (Å²) in [5.41, 5.74) is 1.85. The molecule has 2 aromatic rings. The second-order valence-corrected chi connectivity index (χ2v) is 7.17. The van der Waals surface area contributed by atoms with Gasteiger partial charge in [0.2, 0.25) is 0 Å². The van der Waals surface area contributed by atoms with Gasteiger partial charge < -0.3 is 24.4 Å². The molecule has 0 aliphatic heterocycles. The highest BCUT2D eigenvalue weighted by molar-refractivity contribution is 5.86. The third-order valence-corrected chi connectivity index (χ3v) is 4.85. The molecule has 0 fully saturated rings. The molecule has 1 N–H and O–H groups in total. The van der Waals surface area contributed by atoms with Gasteiger partial charge in [-0.05, 0) is 49.8 Å². The lowest BCUT2D eigenvalue weighted by molar-refractivity contribution is -0.309. The lowest BCUT2D eigenvalue weighted by atomic mass is 10.0. The molecule has 0 saturated heterocycles. The van der Waals surface area contributed by atoms with Crippen molar-refractivity contribution in [1.29, 1.82) is 0 Å². The van der Waals surface area contributed by atoms with Crippen LogP contribution in [-0.4, -0.2) is 24.0 Å². The quantitative estimate of drug-likeness (QED) is 0.756. The van der Waals surface area contributed by atoms with Crippen LogP contribution in [-0.2, 0) is 22.4 Å². The monoisotopic (exact) mass is 372 g/mol. The van der Waals surface area contributed by atoms with E-state index in [9.17, 15) is 19.5 Å². The summed E-state index contributed by atoms with van der Waals surface area (Å²) < 4.78 is 11.0. The summed E-state index contributed by atoms with van der Waals surface area (Å²) in [6.07, 6.45) is 1.59. The standard InChI is InChI=1S/C20H23NO6/c1-10(2)17(19(23)24)21-18(22)11(3)26-12-7-8-14-13-5-4-6-15(13)20(25)27-16(14)9-12/h7-11,17H,4-6H2,1-3H3,(H,21,22)(H,23,24)/p-1/t11-,17+/m1/s1. The Kier molecular flexibility index (Phi) is 5.21. The molecule has 1 aromatic carbocycles. The zero-order valence-electron chi connectivity index (χ0n) is 15.5. The van der Waals surface area contributed by atoms with Gasteiger partial charge in [0.25, 0.3) is 5.91 Å². The largest absolute Gasteiger partial charge is 0.548 e. The molecular weight excluding hydrogens is 350 g/mol. The number of carboxylic acid groups (broad SMARTS) is 1. The van der Waals surface area contributed by atoms with Gasteiger partial charge in [-0.1, -0.05) is 13.8 Å². The number of carbonyl (C=O) groups excluding carboxylic acids is 2. The van der Waals surface area contributed by atoms with Crippen molar-refractivity contribution < 1.29 is 23.8 Å². The Morgan fingerprint density at radius 3 is 2.56 bits per heavy atom. The van der Waals surface area contributed by atoms with E-state index < -0.39 is 24.0 Å². The van der Waals surface area contributed by atoms with Crippen molar-refractivity contribution in [1.82, 2.24) is 5.32 Å². The van der Waals surface area contributed by atoms with Gasteiger partial charge in [-0.15, -0.1) is 0 Å². The van der Waals surface area contributed by atoms with E-state index in [1.54, 1.807) is 26.0 Å². The van der Waals surface area contributed by atoms with Crippen molar-refractivity contribution in [2.75, 3.05) is 0 Å². The van der Waals surface area contributed by atoms with Crippen molar-refractivity contribution in [3.05, 3.63) is 39.7 Å². The summed E-state index contributed by atoms with van der Waals surface area (Å²) in [5.74, 6) is -1.86. The number of hydrogen-bond acceptors (Lipinski definition) is 6. The Morgan fingerprint density at radius 2 is 1.89 bits per heavy atom. The molecule has 144 valence electrons. The maximum atomic E-state index is 12.2. The molecule has 0 spiro atoms. The van der Waals surface area contributed by atoms with Gasteiger partial charge in [0, 0.05) is 17.0 Å². The first-order valence-corrected chi connectivity index (χ1v) is 9.04. The Balaban J connectivity index is 1.78. The van der Waals surface area contributed by atoms with E-state index in [0.717, 1.165) is 35.8 Å². The van der Waals surface area contributed by atoms with Gasteiger partial charge in [-0.25, -0.2) is 4.79 Å². The number of aryl methyl sites for hydroxylation is 1. The third kappa shape index (κ3) is 3.82. The van der Waals surface area contributed by atoms with Gasteiger partial charge >= 0.3 is 5.63 Å². The van der Waals surface area contributed by atoms with Gasteiger partial charge in [0.05, 0.1) is 12.0 Å². The van der Waals surface area contributed by atoms with E-state index in [0.29, 0.717) is 11.3 Å². The summed E-state index contributed by atoms with van der Waals surface area (Å²) in [4.78, 5) is 35.4. The van der Waals surface area contributed by atoms with Crippen LogP contribution in [0.1, 0.15) is 38.3 Å². The highest BCUT2D eigenvalue weighted by Crippen LogP contribution is 2.29. The molecule has 1 aromatic heterocycles. The van der Waals surface area contributed by atoms with Crippen molar-refractivity contribution in [2.45, 2.75) is 52.2 Å². The number of fused-ring (bicyclic) bond motifs is 3. The number of ether oxygens (including phenoxy) is 1. The molecule has 0 radical (unpaired) electrons. The van der Waals surface area contributed by atoms with Crippen LogP contribution in [0.15, 0.2) is 27.4 Å². The molecule has 0 unspecified atom stereocenters. The molecule has 0 saturated carbocycles. The van der Waals surface area contributed by atoms with Crippen molar-refractivity contribution in [3.63, 3.8) is 0 Å². The minimum Gasteiger partial charge on any atom is -0.548 e. The fraction of sp³-hybridized carbons (Fsp3) is 0.450. The molecule has 1 aliphatic carbocycles. The van der Waals surface area contributed by atoms with Gasteiger partial charge in [0.15, 0.2) is 6.10 Å². The number of carboxylic acids is 1. The maximum Gasteiger partial charge on any atom is 0.339 e. The topological polar surface area (TPSA) is 109 Å². The normalized spacial score (nSPS) is 15.4. The predicted molar refractivity (Wildman–Crippen MR) is 96.4 cm³/mol. The van der Waals surface area contributed by atoms with E-state index in [1.165, 1.54) is 6.92 Å². The van der Waals surface area contributed by atoms with Crippen molar-refractivity contribution in [3.8, 4) is 5.75 Å². The van der Waals surface area contributed by atoms with E-state index in [-0.39, 0.29) is 11.5 Å². The fourth-order valence-electron chi connectivity index (χ4n) is 3.36. The number of hydrogen-bond donors (Lipinski definition) is 1. The fourth-order valence-corrected chi connectivity index (χ4v) is 3.36. The van der Waals surface area contributed by atoms with Crippen molar-refractivity contribution >= 4 is 22.8 Å². The number of benzene rings is 1. The van der Waals surface area contributed by atoms with Crippen LogP contribution in [0.3, 0.4) is 0 Å². The van der Waals surface area contributed by atoms with Crippen LogP contribution in [0.5, 0.6) is 5.75 Å². The molecule has 27 heavy (non-hydrogen) atoms.